The van der Waals surface area contributed by atoms with Gasteiger partial charge >= 0.3 is 43.1 Å². The monoisotopic (exact) mass is 534 g/mol. The van der Waals surface area contributed by atoms with Crippen LogP contribution >= 0.6 is 11.1 Å². The molecule has 0 bridgehead atoms. The summed E-state index contributed by atoms with van der Waals surface area (Å²) in [7, 11) is -0.146. The molecule has 3 nitrogen and oxygen atoms in total. The van der Waals surface area contributed by atoms with Crippen molar-refractivity contribution in [2.75, 3.05) is 0 Å². The molecule has 0 aromatic heterocycles. The fraction of sp³-hybridized carbons (Fsp3) is 0.250. The van der Waals surface area contributed by atoms with Crippen LogP contribution in [0.25, 0.3) is 10.8 Å². The van der Waals surface area contributed by atoms with Gasteiger partial charge in [0, 0.05) is 0 Å². The third-order valence-electron chi connectivity index (χ3n) is 2.99. The van der Waals surface area contributed by atoms with Crippen LogP contribution < -0.4 is 0 Å². The van der Waals surface area contributed by atoms with Gasteiger partial charge in [-0.2, -0.15) is 28.6 Å². The molecule has 0 amide bonds. The first-order chi connectivity index (χ1) is 10.8. The van der Waals surface area contributed by atoms with Crippen molar-refractivity contribution < 1.29 is 30.3 Å². The van der Waals surface area contributed by atoms with Crippen LogP contribution in [-0.2, 0) is 30.3 Å². The summed E-state index contributed by atoms with van der Waals surface area (Å²) in [6.45, 7) is 7.83. The summed E-state index contributed by atoms with van der Waals surface area (Å²) >= 11 is 3.00. The Balaban J connectivity index is 0.000000322. The van der Waals surface area contributed by atoms with Gasteiger partial charge in [0.15, 0.2) is 0 Å². The molecule has 2 aromatic rings. The molecule has 0 atom stereocenters. The number of rotatable bonds is 1. The van der Waals surface area contributed by atoms with Gasteiger partial charge in [-0.25, -0.2) is 0 Å². The third-order valence-corrected chi connectivity index (χ3v) is 17.7. The number of halogens is 1. The van der Waals surface area contributed by atoms with Crippen molar-refractivity contribution in [3.05, 3.63) is 42.5 Å². The molecule has 0 saturated carbocycles. The Kier molecular flexibility index (Phi) is 11.0. The zero-order chi connectivity index (χ0) is 17.9. The fourth-order valence-corrected chi connectivity index (χ4v) is 1.49. The minimum atomic E-state index is -3.05. The summed E-state index contributed by atoms with van der Waals surface area (Å²) in [5.41, 5.74) is 0. The molecule has 123 valence electrons. The van der Waals surface area contributed by atoms with E-state index in [-0.39, 0.29) is 8.31 Å². The Hall–Kier alpha value is -1.02. The summed E-state index contributed by atoms with van der Waals surface area (Å²) in [5.74, 6) is 0. The van der Waals surface area contributed by atoms with Gasteiger partial charge in [-0.05, 0) is 0 Å². The van der Waals surface area contributed by atoms with Crippen molar-refractivity contribution in [2.24, 2.45) is 0 Å². The van der Waals surface area contributed by atoms with Gasteiger partial charge in [-0.1, -0.05) is 32.3 Å². The van der Waals surface area contributed by atoms with Gasteiger partial charge < -0.3 is 0 Å². The normalized spacial score (nSPS) is 9.48. The topological polar surface area (TPSA) is 51.2 Å². The van der Waals surface area contributed by atoms with E-state index in [1.807, 2.05) is 0 Å². The summed E-state index contributed by atoms with van der Waals surface area (Å²) in [6, 6.07) is 14.7. The maximum atomic E-state index is 9.40. The first-order valence-corrected chi connectivity index (χ1v) is 18.6. The van der Waals surface area contributed by atoms with Crippen molar-refractivity contribution >= 4 is 49.9 Å². The van der Waals surface area contributed by atoms with E-state index < -0.39 is 22.8 Å². The molecule has 0 unspecified atom stereocenters. The molecule has 0 fully saturated rings. The number of fused-ring (bicyclic) bond motifs is 1. The van der Waals surface area contributed by atoms with E-state index >= 15 is 0 Å². The second kappa shape index (κ2) is 11.5. The van der Waals surface area contributed by atoms with Crippen LogP contribution in [-0.4, -0.2) is 28.0 Å². The molecule has 1 radical (unpaired) electrons. The van der Waals surface area contributed by atoms with Crippen LogP contribution in [0.4, 0.5) is 0 Å². The average molecular weight is 535 g/mol. The third kappa shape index (κ3) is 9.66. The smallest absolute Gasteiger partial charge is 0.0809 e. The maximum absolute atomic E-state index is 9.40. The molecule has 23 heavy (non-hydrogen) atoms. The molecule has 7 heteroatoms. The number of hydrogen-bond donors (Lipinski definition) is 0. The minimum Gasteiger partial charge on any atom is -0.168 e. The van der Waals surface area contributed by atoms with Crippen molar-refractivity contribution in [2.45, 2.75) is 26.2 Å². The van der Waals surface area contributed by atoms with Gasteiger partial charge in [0.1, 0.15) is 6.90 Å². The van der Waals surface area contributed by atoms with Gasteiger partial charge in [-0.15, -0.1) is 29.7 Å². The quantitative estimate of drug-likeness (QED) is 0.319. The molecule has 0 aliphatic heterocycles. The van der Waals surface area contributed by atoms with Crippen LogP contribution in [0.3, 0.4) is 0 Å². The summed E-state index contributed by atoms with van der Waals surface area (Å²) in [6.07, 6.45) is 0. The first-order valence-electron chi connectivity index (χ1n) is 6.74. The standard InChI is InChI=1S/C9H7.C4H12ClSi2.3CO.W/c1-2-5-9-7-3-6-8(9)4-1;1-6(2)7(3,4)5;3*1-2;/h1-7H;1-4H3;;;;/q-1;;;;;. The van der Waals surface area contributed by atoms with Gasteiger partial charge in [0.25, 0.3) is 0 Å². The zero-order valence-electron chi connectivity index (χ0n) is 13.6. The van der Waals surface area contributed by atoms with Gasteiger partial charge in [0.2, 0.25) is 0 Å². The molecule has 0 heterocycles. The number of benzene rings is 1. The van der Waals surface area contributed by atoms with E-state index in [0.717, 1.165) is 0 Å². The molecule has 0 spiro atoms. The Morgan fingerprint density at radius 3 is 1.87 bits per heavy atom. The van der Waals surface area contributed by atoms with Gasteiger partial charge in [-0.3, -0.25) is 0 Å². The van der Waals surface area contributed by atoms with E-state index in [2.05, 4.69) is 68.7 Å². The Bertz CT molecular complexity index is 756. The van der Waals surface area contributed by atoms with Crippen molar-refractivity contribution in [1.82, 2.24) is 0 Å². The van der Waals surface area contributed by atoms with E-state index in [0.29, 0.717) is 0 Å². The zero-order valence-corrected chi connectivity index (χ0v) is 19.2. The largest absolute Gasteiger partial charge is 0.168 e. The fourth-order valence-electron chi connectivity index (χ4n) is 1.12. The molecule has 0 N–H and O–H groups in total. The Morgan fingerprint density at radius 1 is 1.04 bits per heavy atom. The Morgan fingerprint density at radius 2 is 1.52 bits per heavy atom. The number of carbonyl (C=O) groups excluding carboxylic acids is 3. The van der Waals surface area contributed by atoms with E-state index in [4.69, 9.17) is 11.1 Å². The van der Waals surface area contributed by atoms with Crippen LogP contribution in [0, 0.1) is 0 Å². The molecule has 0 aliphatic carbocycles. The molecule has 2 aromatic carbocycles. The summed E-state index contributed by atoms with van der Waals surface area (Å²) in [5, 5.41) is 2.66. The van der Waals surface area contributed by atoms with Crippen molar-refractivity contribution in [1.29, 1.82) is 0 Å². The molecule has 2 rings (SSSR count). The molecule has 0 saturated heterocycles. The van der Waals surface area contributed by atoms with Crippen molar-refractivity contribution in [3.63, 3.8) is 0 Å². The van der Waals surface area contributed by atoms with Crippen LogP contribution in [0.5, 0.6) is 0 Å². The van der Waals surface area contributed by atoms with E-state index in [1.165, 1.54) is 23.6 Å². The second-order valence-corrected chi connectivity index (χ2v) is 24.7. The maximum Gasteiger partial charge on any atom is -0.0809 e. The predicted octanol–water partition coefficient (Wildman–Crippen LogP) is 3.63. The summed E-state index contributed by atoms with van der Waals surface area (Å²) < 4.78 is 3.90. The van der Waals surface area contributed by atoms with Crippen LogP contribution in [0.15, 0.2) is 42.5 Å². The Labute approximate surface area is 148 Å². The number of hydrogen-bond acceptors (Lipinski definition) is 3. The van der Waals surface area contributed by atoms with Crippen LogP contribution in [0.1, 0.15) is 0 Å². The molecule has 0 aliphatic rings. The van der Waals surface area contributed by atoms with E-state index in [1.54, 1.807) is 0 Å². The minimum absolute atomic E-state index is 0.146. The predicted molar refractivity (Wildman–Crippen MR) is 97.4 cm³/mol. The van der Waals surface area contributed by atoms with Crippen LogP contribution in [0.2, 0.25) is 26.2 Å². The SMILES string of the molecule is C[Si](C)[Si](C)(C)Cl.O=[C]=[W](=[C]=O)=[C]=O.c1ccc2[cH-]ccc2c1. The first kappa shape index (κ1) is 22.0. The second-order valence-electron chi connectivity index (χ2n) is 5.18. The van der Waals surface area contributed by atoms with Crippen molar-refractivity contribution in [3.8, 4) is 0 Å². The van der Waals surface area contributed by atoms with E-state index in [9.17, 15) is 14.4 Å². The van der Waals surface area contributed by atoms with Gasteiger partial charge in [0.05, 0.1) is 8.31 Å². The summed E-state index contributed by atoms with van der Waals surface area (Å²) in [4.78, 5) is 28.2. The molecular formula is C16H19ClO3Si2W-. The molecular weight excluding hydrogens is 516 g/mol. The average Bonchev–Trinajstić information content (AvgIpc) is 2.98.